The summed E-state index contributed by atoms with van der Waals surface area (Å²) in [5.41, 5.74) is 0.730. The van der Waals surface area contributed by atoms with Gasteiger partial charge in [0, 0.05) is 16.3 Å². The van der Waals surface area contributed by atoms with Crippen molar-refractivity contribution >= 4 is 23.4 Å². The van der Waals surface area contributed by atoms with Gasteiger partial charge in [0.25, 0.3) is 0 Å². The zero-order valence-corrected chi connectivity index (χ0v) is 12.9. The second-order valence-electron chi connectivity index (χ2n) is 5.05. The Morgan fingerprint density at radius 1 is 1.53 bits per heavy atom. The lowest BCUT2D eigenvalue weighted by Gasteiger charge is -2.24. The van der Waals surface area contributed by atoms with Gasteiger partial charge in [-0.3, -0.25) is 0 Å². The van der Waals surface area contributed by atoms with Gasteiger partial charge in [0.15, 0.2) is 0 Å². The highest BCUT2D eigenvalue weighted by Crippen LogP contribution is 2.30. The minimum Gasteiger partial charge on any atom is -0.313 e. The molecule has 1 nitrogen and oxygen atoms in total. The summed E-state index contributed by atoms with van der Waals surface area (Å²) in [6.07, 6.45) is 4.34. The summed E-state index contributed by atoms with van der Waals surface area (Å²) in [4.78, 5) is 0. The SMILES string of the molecule is CCCNC(Cc1cc(Cl)ccc1F)C1CCCS1. The van der Waals surface area contributed by atoms with Gasteiger partial charge >= 0.3 is 0 Å². The second-order valence-corrected chi connectivity index (χ2v) is 6.84. The molecule has 0 aromatic heterocycles. The fourth-order valence-electron chi connectivity index (χ4n) is 2.52. The molecule has 1 aromatic rings. The van der Waals surface area contributed by atoms with E-state index in [0.717, 1.165) is 24.9 Å². The Labute approximate surface area is 124 Å². The first-order valence-electron chi connectivity index (χ1n) is 6.99. The monoisotopic (exact) mass is 301 g/mol. The Morgan fingerprint density at radius 3 is 3.05 bits per heavy atom. The number of halogens is 2. The van der Waals surface area contributed by atoms with Crippen molar-refractivity contribution in [1.82, 2.24) is 5.32 Å². The van der Waals surface area contributed by atoms with Crippen LogP contribution in [0.3, 0.4) is 0 Å². The van der Waals surface area contributed by atoms with Crippen molar-refractivity contribution in [3.8, 4) is 0 Å². The maximum Gasteiger partial charge on any atom is 0.126 e. The number of thioether (sulfide) groups is 1. The number of hydrogen-bond acceptors (Lipinski definition) is 2. The van der Waals surface area contributed by atoms with E-state index in [2.05, 4.69) is 12.2 Å². The van der Waals surface area contributed by atoms with Crippen LogP contribution in [0.1, 0.15) is 31.7 Å². The third-order valence-electron chi connectivity index (χ3n) is 3.52. The molecule has 2 atom stereocenters. The van der Waals surface area contributed by atoms with Crippen molar-refractivity contribution in [1.29, 1.82) is 0 Å². The van der Waals surface area contributed by atoms with E-state index in [1.165, 1.54) is 24.7 Å². The fraction of sp³-hybridized carbons (Fsp3) is 0.600. The smallest absolute Gasteiger partial charge is 0.126 e. The Kier molecular flexibility index (Phi) is 5.99. The van der Waals surface area contributed by atoms with E-state index >= 15 is 0 Å². The molecule has 0 amide bonds. The quantitative estimate of drug-likeness (QED) is 0.841. The van der Waals surface area contributed by atoms with E-state index in [4.69, 9.17) is 11.6 Å². The summed E-state index contributed by atoms with van der Waals surface area (Å²) in [7, 11) is 0. The van der Waals surface area contributed by atoms with Gasteiger partial charge in [0.1, 0.15) is 5.82 Å². The first-order chi connectivity index (χ1) is 9.20. The van der Waals surface area contributed by atoms with Crippen LogP contribution in [0.4, 0.5) is 4.39 Å². The molecule has 0 bridgehead atoms. The van der Waals surface area contributed by atoms with E-state index in [9.17, 15) is 4.39 Å². The average molecular weight is 302 g/mol. The summed E-state index contributed by atoms with van der Waals surface area (Å²) < 4.78 is 13.8. The molecule has 106 valence electrons. The van der Waals surface area contributed by atoms with Crippen LogP contribution in [0.2, 0.25) is 5.02 Å². The molecule has 1 saturated heterocycles. The molecule has 2 rings (SSSR count). The first-order valence-corrected chi connectivity index (χ1v) is 8.42. The van der Waals surface area contributed by atoms with E-state index in [0.29, 0.717) is 16.3 Å². The molecule has 1 aliphatic heterocycles. The predicted octanol–water partition coefficient (Wildman–Crippen LogP) is 4.29. The summed E-state index contributed by atoms with van der Waals surface area (Å²) in [6, 6.07) is 5.19. The Bertz CT molecular complexity index is 407. The molecule has 0 saturated carbocycles. The molecule has 1 heterocycles. The minimum absolute atomic E-state index is 0.143. The zero-order chi connectivity index (χ0) is 13.7. The molecule has 1 fully saturated rings. The maximum atomic E-state index is 13.8. The van der Waals surface area contributed by atoms with Crippen LogP contribution >= 0.6 is 23.4 Å². The summed E-state index contributed by atoms with van der Waals surface area (Å²) in [5, 5.41) is 4.79. The van der Waals surface area contributed by atoms with Gasteiger partial charge in [-0.05, 0) is 61.7 Å². The lowest BCUT2D eigenvalue weighted by atomic mass is 10.00. The fourth-order valence-corrected chi connectivity index (χ4v) is 4.11. The normalized spacial score (nSPS) is 20.7. The van der Waals surface area contributed by atoms with Crippen molar-refractivity contribution in [3.63, 3.8) is 0 Å². The van der Waals surface area contributed by atoms with Crippen LogP contribution in [0.25, 0.3) is 0 Å². The Balaban J connectivity index is 2.07. The van der Waals surface area contributed by atoms with Gasteiger partial charge in [-0.1, -0.05) is 18.5 Å². The van der Waals surface area contributed by atoms with Crippen molar-refractivity contribution in [2.75, 3.05) is 12.3 Å². The highest BCUT2D eigenvalue weighted by atomic mass is 35.5. The van der Waals surface area contributed by atoms with Crippen LogP contribution in [-0.2, 0) is 6.42 Å². The van der Waals surface area contributed by atoms with Crippen molar-refractivity contribution < 1.29 is 4.39 Å². The molecule has 1 N–H and O–H groups in total. The molecule has 0 radical (unpaired) electrons. The average Bonchev–Trinajstić information content (AvgIpc) is 2.92. The zero-order valence-electron chi connectivity index (χ0n) is 11.3. The highest BCUT2D eigenvalue weighted by Gasteiger charge is 2.26. The van der Waals surface area contributed by atoms with Crippen molar-refractivity contribution in [3.05, 3.63) is 34.6 Å². The molecule has 19 heavy (non-hydrogen) atoms. The third-order valence-corrected chi connectivity index (χ3v) is 5.27. The van der Waals surface area contributed by atoms with Gasteiger partial charge in [-0.15, -0.1) is 0 Å². The van der Waals surface area contributed by atoms with Crippen molar-refractivity contribution in [2.45, 2.75) is 43.9 Å². The molecule has 1 aliphatic rings. The molecular formula is C15H21ClFNS. The van der Waals surface area contributed by atoms with Gasteiger partial charge in [-0.25, -0.2) is 4.39 Å². The summed E-state index contributed by atoms with van der Waals surface area (Å²) in [5.74, 6) is 1.09. The predicted molar refractivity (Wildman–Crippen MR) is 82.7 cm³/mol. The lowest BCUT2D eigenvalue weighted by Crippen LogP contribution is -2.39. The number of rotatable bonds is 6. The summed E-state index contributed by atoms with van der Waals surface area (Å²) in [6.45, 7) is 3.15. The van der Waals surface area contributed by atoms with Crippen LogP contribution in [0, 0.1) is 5.82 Å². The van der Waals surface area contributed by atoms with Gasteiger partial charge in [0.05, 0.1) is 0 Å². The molecule has 0 spiro atoms. The van der Waals surface area contributed by atoms with Gasteiger partial charge in [-0.2, -0.15) is 11.8 Å². The molecule has 2 unspecified atom stereocenters. The topological polar surface area (TPSA) is 12.0 Å². The molecule has 1 aromatic carbocycles. The van der Waals surface area contributed by atoms with Crippen LogP contribution in [0.15, 0.2) is 18.2 Å². The number of benzene rings is 1. The third kappa shape index (κ3) is 4.37. The molecule has 4 heteroatoms. The lowest BCUT2D eigenvalue weighted by molar-refractivity contribution is 0.472. The maximum absolute atomic E-state index is 13.8. The van der Waals surface area contributed by atoms with Crippen LogP contribution in [0.5, 0.6) is 0 Å². The first kappa shape index (κ1) is 15.1. The molecule has 0 aliphatic carbocycles. The Hall–Kier alpha value is -0.250. The van der Waals surface area contributed by atoms with E-state index < -0.39 is 0 Å². The Morgan fingerprint density at radius 2 is 2.37 bits per heavy atom. The summed E-state index contributed by atoms with van der Waals surface area (Å²) >= 11 is 7.98. The van der Waals surface area contributed by atoms with Crippen LogP contribution in [-0.4, -0.2) is 23.6 Å². The van der Waals surface area contributed by atoms with E-state index in [1.807, 2.05) is 11.8 Å². The standard InChI is InChI=1S/C15H21ClFNS/c1-2-7-18-14(15-4-3-8-19-15)10-11-9-12(16)5-6-13(11)17/h5-6,9,14-15,18H,2-4,7-8,10H2,1H3. The largest absolute Gasteiger partial charge is 0.313 e. The van der Waals surface area contributed by atoms with Crippen molar-refractivity contribution in [2.24, 2.45) is 0 Å². The number of nitrogens with one attached hydrogen (secondary N) is 1. The van der Waals surface area contributed by atoms with E-state index in [-0.39, 0.29) is 5.82 Å². The van der Waals surface area contributed by atoms with E-state index in [1.54, 1.807) is 12.1 Å². The number of hydrogen-bond donors (Lipinski definition) is 1. The van der Waals surface area contributed by atoms with Crippen LogP contribution < -0.4 is 5.32 Å². The van der Waals surface area contributed by atoms with Gasteiger partial charge in [0.2, 0.25) is 0 Å². The molecular weight excluding hydrogens is 281 g/mol. The highest BCUT2D eigenvalue weighted by molar-refractivity contribution is 8.00. The van der Waals surface area contributed by atoms with Gasteiger partial charge < -0.3 is 5.32 Å². The second kappa shape index (κ2) is 7.51. The minimum atomic E-state index is -0.143.